The molecule has 34 heavy (non-hydrogen) atoms. The van der Waals surface area contributed by atoms with Gasteiger partial charge in [-0.2, -0.15) is 0 Å². The number of ether oxygens (including phenoxy) is 3. The predicted molar refractivity (Wildman–Crippen MR) is 135 cm³/mol. The molecule has 0 aromatic heterocycles. The number of benzene rings is 2. The lowest BCUT2D eigenvalue weighted by Gasteiger charge is -2.30. The average molecular weight is 469 g/mol. The molecule has 2 aromatic carbocycles. The molecule has 6 heteroatoms. The van der Waals surface area contributed by atoms with Crippen LogP contribution in [0.15, 0.2) is 48.5 Å². The molecule has 0 saturated carbocycles. The van der Waals surface area contributed by atoms with Crippen molar-refractivity contribution in [1.29, 1.82) is 0 Å². The Balaban J connectivity index is 1.64. The van der Waals surface area contributed by atoms with Gasteiger partial charge in [-0.1, -0.05) is 57.2 Å². The number of hydrogen-bond acceptors (Lipinski definition) is 5. The predicted octanol–water partition coefficient (Wildman–Crippen LogP) is 4.76. The monoisotopic (exact) mass is 468 g/mol. The van der Waals surface area contributed by atoms with Gasteiger partial charge in [0.1, 0.15) is 6.61 Å². The summed E-state index contributed by atoms with van der Waals surface area (Å²) >= 11 is 0. The van der Waals surface area contributed by atoms with E-state index in [1.165, 1.54) is 0 Å². The third kappa shape index (κ3) is 8.65. The van der Waals surface area contributed by atoms with Crippen LogP contribution < -0.4 is 9.47 Å². The number of nitrogens with zero attached hydrogens (tertiary/aromatic N) is 2. The Labute approximate surface area is 204 Å². The van der Waals surface area contributed by atoms with Gasteiger partial charge in [-0.3, -0.25) is 9.69 Å². The minimum absolute atomic E-state index is 0.0492. The van der Waals surface area contributed by atoms with E-state index in [4.69, 9.17) is 14.2 Å². The third-order valence-corrected chi connectivity index (χ3v) is 5.88. The zero-order chi connectivity index (χ0) is 24.4. The second-order valence-electron chi connectivity index (χ2n) is 10.1. The molecule has 1 aliphatic heterocycles. The van der Waals surface area contributed by atoms with E-state index in [0.29, 0.717) is 31.1 Å². The molecule has 0 radical (unpaired) electrons. The number of carbonyl (C=O) groups excluding carboxylic acids is 1. The lowest BCUT2D eigenvalue weighted by molar-refractivity contribution is -0.133. The highest BCUT2D eigenvalue weighted by molar-refractivity contribution is 5.76. The van der Waals surface area contributed by atoms with Gasteiger partial charge in [-0.05, 0) is 35.1 Å². The standard InChI is InChI=1S/C28H40N2O4/c1-28(2,3)20-27(31)30(14-8-13-29-15-17-33-18-16-29)21-24-11-12-25(26(19-24)32-4)34-22-23-9-6-5-7-10-23/h5-7,9-12,19H,8,13-18,20-22H2,1-4H3. The topological polar surface area (TPSA) is 51.2 Å². The van der Waals surface area contributed by atoms with Crippen LogP contribution in [0.25, 0.3) is 0 Å². The maximum atomic E-state index is 13.2. The van der Waals surface area contributed by atoms with Gasteiger partial charge in [0.2, 0.25) is 5.91 Å². The number of amides is 1. The van der Waals surface area contributed by atoms with Crippen molar-refractivity contribution in [3.63, 3.8) is 0 Å². The molecule has 0 atom stereocenters. The zero-order valence-corrected chi connectivity index (χ0v) is 21.2. The molecule has 1 heterocycles. The number of rotatable bonds is 11. The molecular weight excluding hydrogens is 428 g/mol. The van der Waals surface area contributed by atoms with E-state index in [2.05, 4.69) is 25.7 Å². The van der Waals surface area contributed by atoms with Crippen LogP contribution in [0, 0.1) is 5.41 Å². The summed E-state index contributed by atoms with van der Waals surface area (Å²) in [5.41, 5.74) is 2.09. The van der Waals surface area contributed by atoms with Gasteiger partial charge >= 0.3 is 0 Å². The summed E-state index contributed by atoms with van der Waals surface area (Å²) < 4.78 is 17.1. The molecule has 3 rings (SSSR count). The minimum Gasteiger partial charge on any atom is -0.493 e. The van der Waals surface area contributed by atoms with E-state index in [9.17, 15) is 4.79 Å². The Morgan fingerprint density at radius 3 is 2.44 bits per heavy atom. The van der Waals surface area contributed by atoms with Gasteiger partial charge in [0.15, 0.2) is 11.5 Å². The fourth-order valence-corrected chi connectivity index (χ4v) is 4.05. The quantitative estimate of drug-likeness (QED) is 0.476. The van der Waals surface area contributed by atoms with Gasteiger partial charge in [0, 0.05) is 39.1 Å². The van der Waals surface area contributed by atoms with Crippen LogP contribution in [0.2, 0.25) is 0 Å². The van der Waals surface area contributed by atoms with Crippen LogP contribution >= 0.6 is 0 Å². The van der Waals surface area contributed by atoms with Crippen molar-refractivity contribution in [3.8, 4) is 11.5 Å². The zero-order valence-electron chi connectivity index (χ0n) is 21.2. The molecule has 0 N–H and O–H groups in total. The smallest absolute Gasteiger partial charge is 0.223 e. The molecular formula is C28H40N2O4. The van der Waals surface area contributed by atoms with Crippen LogP contribution in [0.5, 0.6) is 11.5 Å². The fraction of sp³-hybridized carbons (Fsp3) is 0.536. The second kappa shape index (κ2) is 12.8. The summed E-state index contributed by atoms with van der Waals surface area (Å²) in [5.74, 6) is 1.58. The minimum atomic E-state index is -0.0492. The van der Waals surface area contributed by atoms with Crippen molar-refractivity contribution >= 4 is 5.91 Å². The van der Waals surface area contributed by atoms with E-state index < -0.39 is 0 Å². The van der Waals surface area contributed by atoms with Crippen molar-refractivity contribution in [2.75, 3.05) is 46.5 Å². The Hall–Kier alpha value is -2.57. The maximum Gasteiger partial charge on any atom is 0.223 e. The molecule has 1 amide bonds. The molecule has 2 aromatic rings. The summed E-state index contributed by atoms with van der Waals surface area (Å²) in [4.78, 5) is 17.6. The van der Waals surface area contributed by atoms with E-state index in [-0.39, 0.29) is 11.3 Å². The molecule has 0 aliphatic carbocycles. The van der Waals surface area contributed by atoms with E-state index in [0.717, 1.165) is 56.9 Å². The Bertz CT molecular complexity index is 889. The molecule has 1 aliphatic rings. The number of carbonyl (C=O) groups is 1. The SMILES string of the molecule is COc1cc(CN(CCCN2CCOCC2)C(=O)CC(C)(C)C)ccc1OCc1ccccc1. The van der Waals surface area contributed by atoms with Crippen LogP contribution in [-0.2, 0) is 22.7 Å². The van der Waals surface area contributed by atoms with Crippen LogP contribution in [0.3, 0.4) is 0 Å². The highest BCUT2D eigenvalue weighted by Crippen LogP contribution is 2.30. The summed E-state index contributed by atoms with van der Waals surface area (Å²) in [6, 6.07) is 16.0. The van der Waals surface area contributed by atoms with Crippen LogP contribution in [-0.4, -0.2) is 62.2 Å². The van der Waals surface area contributed by atoms with E-state index in [1.807, 2.05) is 53.4 Å². The van der Waals surface area contributed by atoms with Gasteiger partial charge in [-0.15, -0.1) is 0 Å². The average Bonchev–Trinajstić information content (AvgIpc) is 2.82. The van der Waals surface area contributed by atoms with Crippen LogP contribution in [0.1, 0.15) is 44.7 Å². The van der Waals surface area contributed by atoms with Crippen LogP contribution in [0.4, 0.5) is 0 Å². The normalized spacial score (nSPS) is 14.6. The Morgan fingerprint density at radius 2 is 1.76 bits per heavy atom. The van der Waals surface area contributed by atoms with Crippen molar-refractivity contribution in [1.82, 2.24) is 9.80 Å². The highest BCUT2D eigenvalue weighted by atomic mass is 16.5. The Kier molecular flexibility index (Phi) is 9.78. The Morgan fingerprint density at radius 1 is 1.03 bits per heavy atom. The van der Waals surface area contributed by atoms with Crippen molar-refractivity contribution in [2.45, 2.75) is 46.8 Å². The molecule has 0 bridgehead atoms. The van der Waals surface area contributed by atoms with Gasteiger partial charge in [0.25, 0.3) is 0 Å². The fourth-order valence-electron chi connectivity index (χ4n) is 4.05. The van der Waals surface area contributed by atoms with Crippen molar-refractivity contribution in [3.05, 3.63) is 59.7 Å². The third-order valence-electron chi connectivity index (χ3n) is 5.88. The highest BCUT2D eigenvalue weighted by Gasteiger charge is 2.22. The second-order valence-corrected chi connectivity index (χ2v) is 10.1. The van der Waals surface area contributed by atoms with E-state index in [1.54, 1.807) is 7.11 Å². The molecule has 0 unspecified atom stereocenters. The lowest BCUT2D eigenvalue weighted by atomic mass is 9.91. The summed E-state index contributed by atoms with van der Waals surface area (Å²) in [5, 5.41) is 0. The first kappa shape index (κ1) is 26.0. The molecule has 6 nitrogen and oxygen atoms in total. The van der Waals surface area contributed by atoms with Gasteiger partial charge in [-0.25, -0.2) is 0 Å². The van der Waals surface area contributed by atoms with Crippen molar-refractivity contribution in [2.24, 2.45) is 5.41 Å². The molecule has 0 spiro atoms. The van der Waals surface area contributed by atoms with Gasteiger partial charge in [0.05, 0.1) is 20.3 Å². The maximum absolute atomic E-state index is 13.2. The number of hydrogen-bond donors (Lipinski definition) is 0. The largest absolute Gasteiger partial charge is 0.493 e. The first-order valence-corrected chi connectivity index (χ1v) is 12.3. The lowest BCUT2D eigenvalue weighted by Crippen LogP contribution is -2.39. The number of methoxy groups -OCH3 is 1. The molecule has 1 saturated heterocycles. The van der Waals surface area contributed by atoms with Gasteiger partial charge < -0.3 is 19.1 Å². The summed E-state index contributed by atoms with van der Waals surface area (Å²) in [6.07, 6.45) is 1.48. The van der Waals surface area contributed by atoms with E-state index >= 15 is 0 Å². The number of morpholine rings is 1. The summed E-state index contributed by atoms with van der Waals surface area (Å²) in [6.45, 7) is 12.6. The summed E-state index contributed by atoms with van der Waals surface area (Å²) in [7, 11) is 1.65. The molecule has 1 fully saturated rings. The first-order chi connectivity index (χ1) is 16.3. The van der Waals surface area contributed by atoms with Crippen molar-refractivity contribution < 1.29 is 19.0 Å². The first-order valence-electron chi connectivity index (χ1n) is 12.3. The molecule has 186 valence electrons.